The highest BCUT2D eigenvalue weighted by Gasteiger charge is 2.14. The normalized spacial score (nSPS) is 21.9. The molecule has 0 saturated carbocycles. The minimum atomic E-state index is -0.772. The fourth-order valence-corrected chi connectivity index (χ4v) is 2.56. The molecule has 1 aromatic rings. The van der Waals surface area contributed by atoms with Gasteiger partial charge < -0.3 is 5.32 Å². The molecule has 0 aliphatic carbocycles. The van der Waals surface area contributed by atoms with E-state index in [0.717, 1.165) is 44.5 Å². The second-order valence-corrected chi connectivity index (χ2v) is 5.23. The standard InChI is InChI=1S/C15H22F2N2/c1-2-13-6-9-19(8-3-7-18-13)11-12-4-5-14(16)15(17)10-12/h4-5,10,13,18H,2-3,6-9,11H2,1H3. The highest BCUT2D eigenvalue weighted by atomic mass is 19.2. The Bertz CT molecular complexity index is 409. The van der Waals surface area contributed by atoms with E-state index >= 15 is 0 Å². The number of hydrogen-bond acceptors (Lipinski definition) is 2. The van der Waals surface area contributed by atoms with E-state index in [4.69, 9.17) is 0 Å². The molecule has 4 heteroatoms. The van der Waals surface area contributed by atoms with Gasteiger partial charge in [0, 0.05) is 12.6 Å². The van der Waals surface area contributed by atoms with E-state index in [0.29, 0.717) is 12.6 Å². The van der Waals surface area contributed by atoms with Crippen molar-refractivity contribution in [2.24, 2.45) is 0 Å². The van der Waals surface area contributed by atoms with Crippen molar-refractivity contribution in [1.29, 1.82) is 0 Å². The van der Waals surface area contributed by atoms with Gasteiger partial charge in [-0.25, -0.2) is 8.78 Å². The molecule has 0 spiro atoms. The summed E-state index contributed by atoms with van der Waals surface area (Å²) in [6, 6.07) is 4.77. The molecule has 2 rings (SSSR count). The van der Waals surface area contributed by atoms with E-state index in [2.05, 4.69) is 17.1 Å². The van der Waals surface area contributed by atoms with Crippen LogP contribution in [-0.4, -0.2) is 30.6 Å². The number of halogens is 2. The minimum Gasteiger partial charge on any atom is -0.314 e. The van der Waals surface area contributed by atoms with Crippen LogP contribution in [0.5, 0.6) is 0 Å². The highest BCUT2D eigenvalue weighted by molar-refractivity contribution is 5.17. The Morgan fingerprint density at radius 2 is 2.11 bits per heavy atom. The zero-order valence-electron chi connectivity index (χ0n) is 11.5. The van der Waals surface area contributed by atoms with Crippen molar-refractivity contribution in [3.8, 4) is 0 Å². The first-order chi connectivity index (χ1) is 9.19. The minimum absolute atomic E-state index is 0.577. The van der Waals surface area contributed by atoms with E-state index in [-0.39, 0.29) is 0 Å². The zero-order valence-corrected chi connectivity index (χ0v) is 11.5. The maximum Gasteiger partial charge on any atom is 0.159 e. The molecule has 1 N–H and O–H groups in total. The first kappa shape index (κ1) is 14.4. The first-order valence-corrected chi connectivity index (χ1v) is 7.08. The second-order valence-electron chi connectivity index (χ2n) is 5.23. The topological polar surface area (TPSA) is 15.3 Å². The van der Waals surface area contributed by atoms with Crippen LogP contribution in [0, 0.1) is 11.6 Å². The Kier molecular flexibility index (Phi) is 5.28. The summed E-state index contributed by atoms with van der Waals surface area (Å²) in [5, 5.41) is 3.54. The van der Waals surface area contributed by atoms with Gasteiger partial charge in [-0.2, -0.15) is 0 Å². The van der Waals surface area contributed by atoms with Crippen LogP contribution >= 0.6 is 0 Å². The maximum absolute atomic E-state index is 13.2. The van der Waals surface area contributed by atoms with Gasteiger partial charge in [0.1, 0.15) is 0 Å². The molecule has 106 valence electrons. The number of hydrogen-bond donors (Lipinski definition) is 1. The molecule has 2 nitrogen and oxygen atoms in total. The smallest absolute Gasteiger partial charge is 0.159 e. The number of benzene rings is 1. The fourth-order valence-electron chi connectivity index (χ4n) is 2.56. The Morgan fingerprint density at radius 1 is 1.26 bits per heavy atom. The zero-order chi connectivity index (χ0) is 13.7. The van der Waals surface area contributed by atoms with Crippen LogP contribution in [-0.2, 0) is 6.54 Å². The van der Waals surface area contributed by atoms with Crippen LogP contribution in [0.4, 0.5) is 8.78 Å². The van der Waals surface area contributed by atoms with Gasteiger partial charge in [0.05, 0.1) is 0 Å². The van der Waals surface area contributed by atoms with Crippen molar-refractivity contribution in [3.05, 3.63) is 35.4 Å². The molecular weight excluding hydrogens is 246 g/mol. The molecule has 1 fully saturated rings. The van der Waals surface area contributed by atoms with Crippen LogP contribution in [0.2, 0.25) is 0 Å². The Morgan fingerprint density at radius 3 is 2.84 bits per heavy atom. The van der Waals surface area contributed by atoms with E-state index in [1.54, 1.807) is 6.07 Å². The molecule has 19 heavy (non-hydrogen) atoms. The predicted molar refractivity (Wildman–Crippen MR) is 73.0 cm³/mol. The van der Waals surface area contributed by atoms with Gasteiger partial charge in [-0.3, -0.25) is 4.90 Å². The summed E-state index contributed by atoms with van der Waals surface area (Å²) >= 11 is 0. The molecule has 1 atom stereocenters. The molecule has 1 aliphatic heterocycles. The third-order valence-corrected chi connectivity index (χ3v) is 3.76. The van der Waals surface area contributed by atoms with E-state index in [1.165, 1.54) is 12.1 Å². The Hall–Kier alpha value is -1.00. The van der Waals surface area contributed by atoms with Crippen LogP contribution in [0.1, 0.15) is 31.7 Å². The molecule has 1 aromatic carbocycles. The summed E-state index contributed by atoms with van der Waals surface area (Å²) in [4.78, 5) is 2.33. The van der Waals surface area contributed by atoms with Gasteiger partial charge in [0.25, 0.3) is 0 Å². The van der Waals surface area contributed by atoms with Crippen molar-refractivity contribution in [2.75, 3.05) is 19.6 Å². The maximum atomic E-state index is 13.2. The van der Waals surface area contributed by atoms with Gasteiger partial charge >= 0.3 is 0 Å². The lowest BCUT2D eigenvalue weighted by Crippen LogP contribution is -2.39. The van der Waals surface area contributed by atoms with Crippen molar-refractivity contribution in [3.63, 3.8) is 0 Å². The molecule has 1 heterocycles. The van der Waals surface area contributed by atoms with Crippen molar-refractivity contribution < 1.29 is 8.78 Å². The average molecular weight is 268 g/mol. The first-order valence-electron chi connectivity index (χ1n) is 7.08. The summed E-state index contributed by atoms with van der Waals surface area (Å²) in [6.07, 6.45) is 3.35. The number of rotatable bonds is 3. The molecular formula is C15H22F2N2. The third-order valence-electron chi connectivity index (χ3n) is 3.76. The van der Waals surface area contributed by atoms with Crippen molar-refractivity contribution in [2.45, 2.75) is 38.8 Å². The van der Waals surface area contributed by atoms with E-state index < -0.39 is 11.6 Å². The highest BCUT2D eigenvalue weighted by Crippen LogP contribution is 2.13. The van der Waals surface area contributed by atoms with Crippen LogP contribution in [0.15, 0.2) is 18.2 Å². The molecule has 1 saturated heterocycles. The van der Waals surface area contributed by atoms with Crippen molar-refractivity contribution in [1.82, 2.24) is 10.2 Å². The Labute approximate surface area is 113 Å². The van der Waals surface area contributed by atoms with Crippen LogP contribution in [0.25, 0.3) is 0 Å². The van der Waals surface area contributed by atoms with Gasteiger partial charge in [-0.15, -0.1) is 0 Å². The van der Waals surface area contributed by atoms with E-state index in [9.17, 15) is 8.78 Å². The molecule has 1 aliphatic rings. The van der Waals surface area contributed by atoms with Crippen LogP contribution in [0.3, 0.4) is 0 Å². The SMILES string of the molecule is CCC1CCN(Cc2ccc(F)c(F)c2)CCCN1. The summed E-state index contributed by atoms with van der Waals surface area (Å²) in [7, 11) is 0. The molecule has 0 radical (unpaired) electrons. The summed E-state index contributed by atoms with van der Waals surface area (Å²) in [5.74, 6) is -1.52. The average Bonchev–Trinajstić information content (AvgIpc) is 2.38. The second kappa shape index (κ2) is 6.96. The molecule has 0 amide bonds. The van der Waals surface area contributed by atoms with Gasteiger partial charge in [0.2, 0.25) is 0 Å². The lowest BCUT2D eigenvalue weighted by molar-refractivity contribution is 0.224. The largest absolute Gasteiger partial charge is 0.314 e. The van der Waals surface area contributed by atoms with Gasteiger partial charge in [-0.05, 0) is 56.6 Å². The number of nitrogens with zero attached hydrogens (tertiary/aromatic N) is 1. The summed E-state index contributed by atoms with van der Waals surface area (Å²) in [5.41, 5.74) is 0.848. The third kappa shape index (κ3) is 4.25. The lowest BCUT2D eigenvalue weighted by atomic mass is 10.1. The van der Waals surface area contributed by atoms with Crippen LogP contribution < -0.4 is 5.32 Å². The fraction of sp³-hybridized carbons (Fsp3) is 0.600. The quantitative estimate of drug-likeness (QED) is 0.906. The molecule has 0 bridgehead atoms. The van der Waals surface area contributed by atoms with Crippen molar-refractivity contribution >= 4 is 0 Å². The Balaban J connectivity index is 1.94. The summed E-state index contributed by atoms with van der Waals surface area (Å²) < 4.78 is 26.1. The van der Waals surface area contributed by atoms with E-state index in [1.807, 2.05) is 0 Å². The lowest BCUT2D eigenvalue weighted by Gasteiger charge is -2.28. The predicted octanol–water partition coefficient (Wildman–Crippen LogP) is 2.93. The summed E-state index contributed by atoms with van der Waals surface area (Å²) in [6.45, 7) is 5.94. The molecule has 0 aromatic heterocycles. The number of nitrogens with one attached hydrogen (secondary N) is 1. The molecule has 1 unspecified atom stereocenters. The monoisotopic (exact) mass is 268 g/mol. The van der Waals surface area contributed by atoms with Gasteiger partial charge in [-0.1, -0.05) is 13.0 Å². The van der Waals surface area contributed by atoms with Gasteiger partial charge in [0.15, 0.2) is 11.6 Å².